The molecule has 0 bridgehead atoms. The highest BCUT2D eigenvalue weighted by Crippen LogP contribution is 2.39. The number of piperidine rings is 1. The van der Waals surface area contributed by atoms with E-state index in [1.54, 1.807) is 0 Å². The maximum Gasteiger partial charge on any atom is 0.228 e. The van der Waals surface area contributed by atoms with Crippen LogP contribution in [0.25, 0.3) is 0 Å². The van der Waals surface area contributed by atoms with Crippen molar-refractivity contribution in [2.24, 2.45) is 17.8 Å². The van der Waals surface area contributed by atoms with Crippen molar-refractivity contribution in [2.75, 3.05) is 19.8 Å². The minimum Gasteiger partial charge on any atom is -0.381 e. The Bertz CT molecular complexity index is 325. The maximum atomic E-state index is 12.8. The van der Waals surface area contributed by atoms with Crippen molar-refractivity contribution in [3.63, 3.8) is 0 Å². The van der Waals surface area contributed by atoms with Gasteiger partial charge in [-0.25, -0.2) is 0 Å². The van der Waals surface area contributed by atoms with Crippen LogP contribution in [0.4, 0.5) is 0 Å². The fourth-order valence-electron chi connectivity index (χ4n) is 4.36. The molecule has 3 rings (SSSR count). The van der Waals surface area contributed by atoms with Gasteiger partial charge in [0.1, 0.15) is 0 Å². The Hall–Kier alpha value is -0.570. The van der Waals surface area contributed by atoms with Crippen molar-refractivity contribution in [2.45, 2.75) is 57.9 Å². The van der Waals surface area contributed by atoms with Gasteiger partial charge in [-0.3, -0.25) is 4.79 Å². The van der Waals surface area contributed by atoms with E-state index in [0.29, 0.717) is 18.6 Å². The third-order valence-corrected chi connectivity index (χ3v) is 5.53. The van der Waals surface area contributed by atoms with Crippen LogP contribution in [0.15, 0.2) is 0 Å². The topological polar surface area (TPSA) is 29.5 Å². The molecule has 0 aromatic carbocycles. The molecule has 3 heteroatoms. The Morgan fingerprint density at radius 2 is 1.95 bits per heavy atom. The molecule has 0 N–H and O–H groups in total. The van der Waals surface area contributed by atoms with Gasteiger partial charge in [0.2, 0.25) is 5.91 Å². The standard InChI is InChI=1S/C16H27NO2/c1-12-8-9-17(15-7-3-2-6-14(12)15)16(18)13-5-4-10-19-11-13/h12-15H,2-11H2,1H3. The molecule has 19 heavy (non-hydrogen) atoms. The molecule has 4 atom stereocenters. The van der Waals surface area contributed by atoms with Gasteiger partial charge >= 0.3 is 0 Å². The van der Waals surface area contributed by atoms with Gasteiger partial charge in [-0.05, 0) is 43.9 Å². The molecule has 3 fully saturated rings. The van der Waals surface area contributed by atoms with Gasteiger partial charge in [-0.1, -0.05) is 19.8 Å². The normalized spacial score (nSPS) is 39.7. The van der Waals surface area contributed by atoms with E-state index in [0.717, 1.165) is 37.8 Å². The van der Waals surface area contributed by atoms with E-state index in [4.69, 9.17) is 4.74 Å². The van der Waals surface area contributed by atoms with Crippen molar-refractivity contribution >= 4 is 5.91 Å². The summed E-state index contributed by atoms with van der Waals surface area (Å²) in [5, 5.41) is 0. The maximum absolute atomic E-state index is 12.8. The van der Waals surface area contributed by atoms with Gasteiger partial charge in [0.15, 0.2) is 0 Å². The molecule has 1 aliphatic carbocycles. The lowest BCUT2D eigenvalue weighted by atomic mass is 9.72. The Morgan fingerprint density at radius 3 is 2.74 bits per heavy atom. The summed E-state index contributed by atoms with van der Waals surface area (Å²) < 4.78 is 5.50. The number of rotatable bonds is 1. The van der Waals surface area contributed by atoms with Crippen LogP contribution in [0.5, 0.6) is 0 Å². The lowest BCUT2D eigenvalue weighted by Crippen LogP contribution is -2.54. The Morgan fingerprint density at radius 1 is 1.11 bits per heavy atom. The highest BCUT2D eigenvalue weighted by molar-refractivity contribution is 5.79. The Labute approximate surface area is 116 Å². The van der Waals surface area contributed by atoms with E-state index in [1.165, 1.54) is 32.1 Å². The number of carbonyl (C=O) groups is 1. The highest BCUT2D eigenvalue weighted by Gasteiger charge is 2.41. The van der Waals surface area contributed by atoms with Crippen molar-refractivity contribution in [1.82, 2.24) is 4.90 Å². The first-order valence-corrected chi connectivity index (χ1v) is 8.15. The van der Waals surface area contributed by atoms with E-state index in [9.17, 15) is 4.79 Å². The molecule has 0 spiro atoms. The zero-order valence-electron chi connectivity index (χ0n) is 12.1. The second kappa shape index (κ2) is 5.82. The molecule has 0 radical (unpaired) electrons. The number of carbonyl (C=O) groups excluding carboxylic acids is 1. The summed E-state index contributed by atoms with van der Waals surface area (Å²) in [5.74, 6) is 2.10. The van der Waals surface area contributed by atoms with Gasteiger partial charge < -0.3 is 9.64 Å². The molecule has 1 saturated carbocycles. The smallest absolute Gasteiger partial charge is 0.228 e. The number of fused-ring (bicyclic) bond motifs is 1. The van der Waals surface area contributed by atoms with Crippen molar-refractivity contribution in [1.29, 1.82) is 0 Å². The summed E-state index contributed by atoms with van der Waals surface area (Å²) in [5.41, 5.74) is 0. The van der Waals surface area contributed by atoms with E-state index in [-0.39, 0.29) is 5.92 Å². The first-order chi connectivity index (χ1) is 9.27. The fourth-order valence-corrected chi connectivity index (χ4v) is 4.36. The third kappa shape index (κ3) is 2.67. The second-order valence-electron chi connectivity index (χ2n) is 6.73. The second-order valence-corrected chi connectivity index (χ2v) is 6.73. The molecular formula is C16H27NO2. The predicted molar refractivity (Wildman–Crippen MR) is 74.8 cm³/mol. The predicted octanol–water partition coefficient (Wildman–Crippen LogP) is 2.84. The number of likely N-dealkylation sites (tertiary alicyclic amines) is 1. The first kappa shape index (κ1) is 13.4. The molecule has 2 saturated heterocycles. The number of hydrogen-bond acceptors (Lipinski definition) is 2. The molecule has 1 amide bonds. The van der Waals surface area contributed by atoms with Gasteiger partial charge in [-0.2, -0.15) is 0 Å². The number of nitrogens with zero attached hydrogens (tertiary/aromatic N) is 1. The molecule has 0 aromatic heterocycles. The molecule has 4 unspecified atom stereocenters. The van der Waals surface area contributed by atoms with Gasteiger partial charge in [-0.15, -0.1) is 0 Å². The SMILES string of the molecule is CC1CCN(C(=O)C2CCCOC2)C2CCCCC12. The molecule has 2 aliphatic heterocycles. The summed E-state index contributed by atoms with van der Waals surface area (Å²) in [7, 11) is 0. The van der Waals surface area contributed by atoms with Crippen LogP contribution < -0.4 is 0 Å². The largest absolute Gasteiger partial charge is 0.381 e. The molecule has 2 heterocycles. The molecule has 3 nitrogen and oxygen atoms in total. The van der Waals surface area contributed by atoms with E-state index < -0.39 is 0 Å². The average Bonchev–Trinajstić information content (AvgIpc) is 2.48. The molecular weight excluding hydrogens is 238 g/mol. The van der Waals surface area contributed by atoms with E-state index in [2.05, 4.69) is 11.8 Å². The van der Waals surface area contributed by atoms with Crippen molar-refractivity contribution < 1.29 is 9.53 Å². The number of ether oxygens (including phenoxy) is 1. The minimum atomic E-state index is 0.143. The number of amides is 1. The summed E-state index contributed by atoms with van der Waals surface area (Å²) in [6.07, 6.45) is 8.50. The van der Waals surface area contributed by atoms with Crippen LogP contribution in [0.2, 0.25) is 0 Å². The summed E-state index contributed by atoms with van der Waals surface area (Å²) in [6, 6.07) is 0.534. The van der Waals surface area contributed by atoms with Crippen LogP contribution >= 0.6 is 0 Å². The minimum absolute atomic E-state index is 0.143. The fraction of sp³-hybridized carbons (Fsp3) is 0.938. The zero-order valence-corrected chi connectivity index (χ0v) is 12.1. The molecule has 3 aliphatic rings. The van der Waals surface area contributed by atoms with Crippen LogP contribution in [0.1, 0.15) is 51.9 Å². The van der Waals surface area contributed by atoms with E-state index >= 15 is 0 Å². The van der Waals surface area contributed by atoms with E-state index in [1.807, 2.05) is 0 Å². The molecule has 108 valence electrons. The highest BCUT2D eigenvalue weighted by atomic mass is 16.5. The van der Waals surface area contributed by atoms with Crippen LogP contribution in [-0.2, 0) is 9.53 Å². The average molecular weight is 265 g/mol. The Balaban J connectivity index is 1.70. The van der Waals surface area contributed by atoms with Crippen LogP contribution in [0, 0.1) is 17.8 Å². The third-order valence-electron chi connectivity index (χ3n) is 5.53. The quantitative estimate of drug-likeness (QED) is 0.729. The molecule has 0 aromatic rings. The first-order valence-electron chi connectivity index (χ1n) is 8.15. The monoisotopic (exact) mass is 265 g/mol. The summed E-state index contributed by atoms with van der Waals surface area (Å²) in [4.78, 5) is 15.0. The zero-order chi connectivity index (χ0) is 13.2. The lowest BCUT2D eigenvalue weighted by Gasteiger charge is -2.48. The van der Waals surface area contributed by atoms with Gasteiger partial charge in [0, 0.05) is 19.2 Å². The van der Waals surface area contributed by atoms with Gasteiger partial charge in [0.25, 0.3) is 0 Å². The van der Waals surface area contributed by atoms with Crippen LogP contribution in [0.3, 0.4) is 0 Å². The van der Waals surface area contributed by atoms with Crippen molar-refractivity contribution in [3.05, 3.63) is 0 Å². The summed E-state index contributed by atoms with van der Waals surface area (Å²) >= 11 is 0. The Kier molecular flexibility index (Phi) is 4.11. The van der Waals surface area contributed by atoms with Crippen molar-refractivity contribution in [3.8, 4) is 0 Å². The lowest BCUT2D eigenvalue weighted by molar-refractivity contribution is -0.147. The number of hydrogen-bond donors (Lipinski definition) is 0. The van der Waals surface area contributed by atoms with Crippen LogP contribution in [-0.4, -0.2) is 36.6 Å². The summed E-state index contributed by atoms with van der Waals surface area (Å²) in [6.45, 7) is 4.86. The van der Waals surface area contributed by atoms with Gasteiger partial charge in [0.05, 0.1) is 12.5 Å².